The summed E-state index contributed by atoms with van der Waals surface area (Å²) in [4.78, 5) is 27.6. The van der Waals surface area contributed by atoms with Crippen LogP contribution in [0.2, 0.25) is 0 Å². The van der Waals surface area contributed by atoms with E-state index in [1.807, 2.05) is 85.1 Å². The lowest BCUT2D eigenvalue weighted by molar-refractivity contribution is -0.147. The van der Waals surface area contributed by atoms with Crippen molar-refractivity contribution in [2.45, 2.75) is 12.8 Å². The molecule has 0 aliphatic rings. The molecule has 2 N–H and O–H groups in total. The number of carbonyl (C=O) groups excluding carboxylic acids is 2. The van der Waals surface area contributed by atoms with Gasteiger partial charge in [0.15, 0.2) is 6.61 Å². The topological polar surface area (TPSA) is 71.2 Å². The smallest absolute Gasteiger partial charge is 0.306 e. The quantitative estimate of drug-likeness (QED) is 0.433. The van der Waals surface area contributed by atoms with E-state index in [1.54, 1.807) is 0 Å². The summed E-state index contributed by atoms with van der Waals surface area (Å²) in [6.07, 6.45) is 2.68. The molecule has 0 radical (unpaired) electrons. The van der Waals surface area contributed by atoms with E-state index in [4.69, 9.17) is 4.74 Å². The molecule has 1 heterocycles. The molecule has 0 saturated carbocycles. The van der Waals surface area contributed by atoms with Gasteiger partial charge < -0.3 is 15.0 Å². The van der Waals surface area contributed by atoms with Gasteiger partial charge in [-0.05, 0) is 29.7 Å². The number of hydrogen-bond acceptors (Lipinski definition) is 3. The second kappa shape index (κ2) is 9.09. The Hall–Kier alpha value is -3.86. The van der Waals surface area contributed by atoms with Crippen LogP contribution < -0.4 is 5.32 Å². The number of amides is 1. The predicted octanol–water partition coefficient (Wildman–Crippen LogP) is 4.95. The number of fused-ring (bicyclic) bond motifs is 1. The zero-order valence-corrected chi connectivity index (χ0v) is 16.4. The van der Waals surface area contributed by atoms with Crippen molar-refractivity contribution < 1.29 is 14.3 Å². The van der Waals surface area contributed by atoms with Crippen molar-refractivity contribution in [1.82, 2.24) is 4.98 Å². The Morgan fingerprint density at radius 1 is 0.867 bits per heavy atom. The number of hydrogen-bond donors (Lipinski definition) is 2. The Balaban J connectivity index is 1.30. The van der Waals surface area contributed by atoms with Gasteiger partial charge in [-0.15, -0.1) is 0 Å². The molecule has 0 spiro atoms. The van der Waals surface area contributed by atoms with Crippen molar-refractivity contribution in [2.75, 3.05) is 11.9 Å². The summed E-state index contributed by atoms with van der Waals surface area (Å²) in [5.41, 5.74) is 4.70. The Morgan fingerprint density at radius 3 is 2.47 bits per heavy atom. The van der Waals surface area contributed by atoms with Crippen LogP contribution in [-0.2, 0) is 20.7 Å². The van der Waals surface area contributed by atoms with E-state index in [1.165, 1.54) is 0 Å². The molecule has 3 aromatic carbocycles. The molecule has 0 saturated heterocycles. The number of ether oxygens (including phenoxy) is 1. The number of aromatic amines is 1. The van der Waals surface area contributed by atoms with E-state index in [-0.39, 0.29) is 18.9 Å². The Morgan fingerprint density at radius 2 is 1.60 bits per heavy atom. The first-order valence-electron chi connectivity index (χ1n) is 9.85. The molecule has 1 amide bonds. The maximum absolute atomic E-state index is 12.3. The lowest BCUT2D eigenvalue weighted by Gasteiger charge is -2.11. The number of aryl methyl sites for hydroxylation is 1. The van der Waals surface area contributed by atoms with Gasteiger partial charge in [0.1, 0.15) is 0 Å². The summed E-state index contributed by atoms with van der Waals surface area (Å²) in [6, 6.07) is 25.3. The minimum Gasteiger partial charge on any atom is -0.456 e. The highest BCUT2D eigenvalue weighted by Crippen LogP contribution is 2.27. The van der Waals surface area contributed by atoms with Crippen LogP contribution >= 0.6 is 0 Å². The number of nitrogens with one attached hydrogen (secondary N) is 2. The molecular formula is C25H22N2O3. The standard InChI is InChI=1S/C25H22N2O3/c28-24(27-23-13-7-5-10-20(23)18-8-2-1-3-9-18)17-30-25(29)15-14-19-16-26-22-12-6-4-11-21(19)22/h1-13,16,26H,14-15,17H2,(H,27,28). The van der Waals surface area contributed by atoms with Gasteiger partial charge in [-0.25, -0.2) is 0 Å². The van der Waals surface area contributed by atoms with Gasteiger partial charge in [0, 0.05) is 34.8 Å². The molecule has 0 aliphatic carbocycles. The van der Waals surface area contributed by atoms with Crippen LogP contribution in [0, 0.1) is 0 Å². The summed E-state index contributed by atoms with van der Waals surface area (Å²) in [6.45, 7) is -0.310. The van der Waals surface area contributed by atoms with Crippen LogP contribution in [0.3, 0.4) is 0 Å². The third kappa shape index (κ3) is 4.58. The van der Waals surface area contributed by atoms with E-state index in [9.17, 15) is 9.59 Å². The maximum atomic E-state index is 12.3. The van der Waals surface area contributed by atoms with Gasteiger partial charge in [-0.2, -0.15) is 0 Å². The van der Waals surface area contributed by atoms with Crippen molar-refractivity contribution in [1.29, 1.82) is 0 Å². The molecule has 5 nitrogen and oxygen atoms in total. The van der Waals surface area contributed by atoms with Crippen LogP contribution in [0.5, 0.6) is 0 Å². The van der Waals surface area contributed by atoms with Gasteiger partial charge in [-0.3, -0.25) is 9.59 Å². The zero-order chi connectivity index (χ0) is 20.8. The lowest BCUT2D eigenvalue weighted by Crippen LogP contribution is -2.21. The molecule has 0 aliphatic heterocycles. The van der Waals surface area contributed by atoms with Crippen molar-refractivity contribution in [3.05, 3.63) is 90.6 Å². The second-order valence-electron chi connectivity index (χ2n) is 6.98. The summed E-state index contributed by atoms with van der Waals surface area (Å²) in [7, 11) is 0. The molecular weight excluding hydrogens is 376 g/mol. The summed E-state index contributed by atoms with van der Waals surface area (Å²) < 4.78 is 5.17. The lowest BCUT2D eigenvalue weighted by atomic mass is 10.0. The summed E-state index contributed by atoms with van der Waals surface area (Å²) in [5.74, 6) is -0.759. The number of carbonyl (C=O) groups is 2. The Bertz CT molecular complexity index is 1170. The SMILES string of the molecule is O=C(COC(=O)CCc1c[nH]c2ccccc12)Nc1ccccc1-c1ccccc1. The molecule has 0 atom stereocenters. The minimum absolute atomic E-state index is 0.218. The predicted molar refractivity (Wildman–Crippen MR) is 118 cm³/mol. The van der Waals surface area contributed by atoms with Crippen molar-refractivity contribution >= 4 is 28.5 Å². The maximum Gasteiger partial charge on any atom is 0.306 e. The number of rotatable bonds is 7. The summed E-state index contributed by atoms with van der Waals surface area (Å²) >= 11 is 0. The van der Waals surface area contributed by atoms with Gasteiger partial charge in [0.2, 0.25) is 0 Å². The molecule has 4 rings (SSSR count). The summed E-state index contributed by atoms with van der Waals surface area (Å²) in [5, 5.41) is 3.93. The highest BCUT2D eigenvalue weighted by molar-refractivity contribution is 5.97. The monoisotopic (exact) mass is 398 g/mol. The van der Waals surface area contributed by atoms with E-state index in [2.05, 4.69) is 10.3 Å². The van der Waals surface area contributed by atoms with Crippen molar-refractivity contribution in [3.8, 4) is 11.1 Å². The number of H-pyrrole nitrogens is 1. The number of para-hydroxylation sites is 2. The van der Waals surface area contributed by atoms with Crippen LogP contribution in [0.4, 0.5) is 5.69 Å². The van der Waals surface area contributed by atoms with Crippen LogP contribution in [0.15, 0.2) is 85.1 Å². The largest absolute Gasteiger partial charge is 0.456 e. The molecule has 1 aromatic heterocycles. The Kier molecular flexibility index (Phi) is 5.90. The van der Waals surface area contributed by atoms with E-state index < -0.39 is 5.97 Å². The molecule has 0 unspecified atom stereocenters. The van der Waals surface area contributed by atoms with E-state index in [0.29, 0.717) is 12.1 Å². The third-order valence-electron chi connectivity index (χ3n) is 4.92. The molecule has 0 bridgehead atoms. The number of aromatic nitrogens is 1. The van der Waals surface area contributed by atoms with Crippen LogP contribution in [0.25, 0.3) is 22.0 Å². The minimum atomic E-state index is -0.397. The number of anilines is 1. The van der Waals surface area contributed by atoms with Gasteiger partial charge >= 0.3 is 5.97 Å². The fraction of sp³-hybridized carbons (Fsp3) is 0.120. The average Bonchev–Trinajstić information content (AvgIpc) is 3.20. The number of benzene rings is 3. The zero-order valence-electron chi connectivity index (χ0n) is 16.4. The van der Waals surface area contributed by atoms with Gasteiger partial charge in [-0.1, -0.05) is 66.7 Å². The van der Waals surface area contributed by atoms with E-state index in [0.717, 1.165) is 27.6 Å². The molecule has 4 aromatic rings. The number of esters is 1. The fourth-order valence-corrected chi connectivity index (χ4v) is 3.44. The Labute approximate surface area is 174 Å². The second-order valence-corrected chi connectivity index (χ2v) is 6.98. The average molecular weight is 398 g/mol. The third-order valence-corrected chi connectivity index (χ3v) is 4.92. The van der Waals surface area contributed by atoms with Gasteiger partial charge in [0.05, 0.1) is 0 Å². The molecule has 30 heavy (non-hydrogen) atoms. The van der Waals surface area contributed by atoms with Crippen LogP contribution in [-0.4, -0.2) is 23.5 Å². The fourth-order valence-electron chi connectivity index (χ4n) is 3.44. The van der Waals surface area contributed by atoms with Crippen molar-refractivity contribution in [3.63, 3.8) is 0 Å². The molecule has 0 fully saturated rings. The van der Waals surface area contributed by atoms with Gasteiger partial charge in [0.25, 0.3) is 5.91 Å². The first-order valence-corrected chi connectivity index (χ1v) is 9.85. The normalized spacial score (nSPS) is 10.7. The highest BCUT2D eigenvalue weighted by atomic mass is 16.5. The molecule has 150 valence electrons. The van der Waals surface area contributed by atoms with E-state index >= 15 is 0 Å². The molecule has 5 heteroatoms. The highest BCUT2D eigenvalue weighted by Gasteiger charge is 2.12. The first-order chi connectivity index (χ1) is 14.7. The first kappa shape index (κ1) is 19.5. The van der Waals surface area contributed by atoms with Crippen LogP contribution in [0.1, 0.15) is 12.0 Å². The van der Waals surface area contributed by atoms with Crippen molar-refractivity contribution in [2.24, 2.45) is 0 Å².